The monoisotopic (exact) mass is 252 g/mol. The standard InChI is InChI=1S/C13H17FN2O2/c14-10-3-5-12(6-4-10)18-9-13(17)16-8-11-2-1-7-15-11/h3-6,11,15H,1-2,7-9H2,(H,16,17). The van der Waals surface area contributed by atoms with Gasteiger partial charge < -0.3 is 15.4 Å². The fourth-order valence-corrected chi connectivity index (χ4v) is 1.90. The van der Waals surface area contributed by atoms with E-state index in [4.69, 9.17) is 4.74 Å². The van der Waals surface area contributed by atoms with Crippen LogP contribution in [0.25, 0.3) is 0 Å². The molecule has 98 valence electrons. The maximum Gasteiger partial charge on any atom is 0.257 e. The van der Waals surface area contributed by atoms with Gasteiger partial charge in [0.1, 0.15) is 11.6 Å². The first-order chi connectivity index (χ1) is 8.74. The Morgan fingerprint density at radius 2 is 2.22 bits per heavy atom. The number of rotatable bonds is 5. The number of nitrogens with one attached hydrogen (secondary N) is 2. The van der Waals surface area contributed by atoms with Crippen LogP contribution in [0.4, 0.5) is 4.39 Å². The molecule has 5 heteroatoms. The van der Waals surface area contributed by atoms with Crippen molar-refractivity contribution in [3.05, 3.63) is 30.1 Å². The third kappa shape index (κ3) is 4.00. The van der Waals surface area contributed by atoms with Gasteiger partial charge in [0.05, 0.1) is 0 Å². The Kier molecular flexibility index (Phi) is 4.52. The average Bonchev–Trinajstić information content (AvgIpc) is 2.89. The van der Waals surface area contributed by atoms with E-state index in [-0.39, 0.29) is 18.3 Å². The summed E-state index contributed by atoms with van der Waals surface area (Å²) in [4.78, 5) is 11.5. The predicted molar refractivity (Wildman–Crippen MR) is 65.9 cm³/mol. The van der Waals surface area contributed by atoms with Crippen LogP contribution in [-0.4, -0.2) is 31.6 Å². The summed E-state index contributed by atoms with van der Waals surface area (Å²) in [6, 6.07) is 5.98. The van der Waals surface area contributed by atoms with Gasteiger partial charge in [-0.3, -0.25) is 4.79 Å². The highest BCUT2D eigenvalue weighted by atomic mass is 19.1. The molecule has 0 aromatic heterocycles. The topological polar surface area (TPSA) is 50.4 Å². The molecule has 1 aromatic carbocycles. The van der Waals surface area contributed by atoms with E-state index < -0.39 is 0 Å². The van der Waals surface area contributed by atoms with Crippen LogP contribution in [0.15, 0.2) is 24.3 Å². The van der Waals surface area contributed by atoms with Gasteiger partial charge in [-0.05, 0) is 43.7 Å². The smallest absolute Gasteiger partial charge is 0.257 e. The van der Waals surface area contributed by atoms with Crippen LogP contribution in [0.5, 0.6) is 5.75 Å². The second-order valence-corrected chi connectivity index (χ2v) is 4.34. The quantitative estimate of drug-likeness (QED) is 0.824. The summed E-state index contributed by atoms with van der Waals surface area (Å²) in [5.74, 6) is 0.0117. The number of ether oxygens (including phenoxy) is 1. The van der Waals surface area contributed by atoms with Crippen molar-refractivity contribution in [2.24, 2.45) is 0 Å². The van der Waals surface area contributed by atoms with Crippen molar-refractivity contribution < 1.29 is 13.9 Å². The fraction of sp³-hybridized carbons (Fsp3) is 0.462. The van der Waals surface area contributed by atoms with Crippen molar-refractivity contribution in [1.29, 1.82) is 0 Å². The molecule has 0 aliphatic carbocycles. The number of halogens is 1. The lowest BCUT2D eigenvalue weighted by atomic mass is 10.2. The van der Waals surface area contributed by atoms with E-state index in [0.29, 0.717) is 18.3 Å². The molecule has 1 heterocycles. The zero-order valence-corrected chi connectivity index (χ0v) is 10.1. The van der Waals surface area contributed by atoms with E-state index in [0.717, 1.165) is 19.4 Å². The van der Waals surface area contributed by atoms with Crippen LogP contribution < -0.4 is 15.4 Å². The highest BCUT2D eigenvalue weighted by Crippen LogP contribution is 2.10. The summed E-state index contributed by atoms with van der Waals surface area (Å²) >= 11 is 0. The van der Waals surface area contributed by atoms with Crippen LogP contribution in [0.1, 0.15) is 12.8 Å². The molecule has 18 heavy (non-hydrogen) atoms. The molecular formula is C13H17FN2O2. The van der Waals surface area contributed by atoms with E-state index in [9.17, 15) is 9.18 Å². The van der Waals surface area contributed by atoms with Gasteiger partial charge in [0.15, 0.2) is 6.61 Å². The lowest BCUT2D eigenvalue weighted by Crippen LogP contribution is -2.39. The molecular weight excluding hydrogens is 235 g/mol. The Morgan fingerprint density at radius 1 is 1.44 bits per heavy atom. The zero-order chi connectivity index (χ0) is 12.8. The van der Waals surface area contributed by atoms with E-state index in [1.165, 1.54) is 24.3 Å². The molecule has 1 saturated heterocycles. The molecule has 1 unspecified atom stereocenters. The lowest BCUT2D eigenvalue weighted by molar-refractivity contribution is -0.123. The summed E-state index contributed by atoms with van der Waals surface area (Å²) < 4.78 is 17.9. The van der Waals surface area contributed by atoms with Gasteiger partial charge in [-0.25, -0.2) is 4.39 Å². The van der Waals surface area contributed by atoms with E-state index in [1.807, 2.05) is 0 Å². The Balaban J connectivity index is 1.66. The molecule has 1 aliphatic rings. The SMILES string of the molecule is O=C(COc1ccc(F)cc1)NCC1CCCN1. The molecule has 1 fully saturated rings. The van der Waals surface area contributed by atoms with Gasteiger partial charge in [-0.15, -0.1) is 0 Å². The number of hydrogen-bond acceptors (Lipinski definition) is 3. The molecule has 1 atom stereocenters. The molecule has 1 aliphatic heterocycles. The van der Waals surface area contributed by atoms with Gasteiger partial charge in [0, 0.05) is 12.6 Å². The summed E-state index contributed by atoms with van der Waals surface area (Å²) in [6.07, 6.45) is 2.26. The third-order valence-corrected chi connectivity index (χ3v) is 2.89. The molecule has 0 saturated carbocycles. The summed E-state index contributed by atoms with van der Waals surface area (Å²) in [5.41, 5.74) is 0. The number of carbonyl (C=O) groups is 1. The van der Waals surface area contributed by atoms with E-state index in [2.05, 4.69) is 10.6 Å². The molecule has 0 radical (unpaired) electrons. The first kappa shape index (κ1) is 12.8. The third-order valence-electron chi connectivity index (χ3n) is 2.89. The Labute approximate surface area is 106 Å². The summed E-state index contributed by atoms with van der Waals surface area (Å²) in [6.45, 7) is 1.61. The van der Waals surface area contributed by atoms with Crippen molar-refractivity contribution in [1.82, 2.24) is 10.6 Å². The molecule has 4 nitrogen and oxygen atoms in total. The number of carbonyl (C=O) groups excluding carboxylic acids is 1. The van der Waals surface area contributed by atoms with Crippen LogP contribution in [0.2, 0.25) is 0 Å². The number of benzene rings is 1. The predicted octanol–water partition coefficient (Wildman–Crippen LogP) is 1.07. The summed E-state index contributed by atoms with van der Waals surface area (Å²) in [7, 11) is 0. The van der Waals surface area contributed by atoms with Crippen molar-refractivity contribution >= 4 is 5.91 Å². The van der Waals surface area contributed by atoms with Gasteiger partial charge in [-0.2, -0.15) is 0 Å². The zero-order valence-electron chi connectivity index (χ0n) is 10.1. The Bertz CT molecular complexity index is 388. The molecule has 1 aromatic rings. The molecule has 2 rings (SSSR count). The Hall–Kier alpha value is -1.62. The van der Waals surface area contributed by atoms with Gasteiger partial charge >= 0.3 is 0 Å². The minimum absolute atomic E-state index is 0.0433. The van der Waals surface area contributed by atoms with Gasteiger partial charge in [-0.1, -0.05) is 0 Å². The largest absolute Gasteiger partial charge is 0.484 e. The second kappa shape index (κ2) is 6.35. The van der Waals surface area contributed by atoms with Crippen molar-refractivity contribution in [3.63, 3.8) is 0 Å². The highest BCUT2D eigenvalue weighted by molar-refractivity contribution is 5.77. The minimum Gasteiger partial charge on any atom is -0.484 e. The maximum absolute atomic E-state index is 12.6. The normalized spacial score (nSPS) is 18.6. The number of hydrogen-bond donors (Lipinski definition) is 2. The van der Waals surface area contributed by atoms with E-state index in [1.54, 1.807) is 0 Å². The van der Waals surface area contributed by atoms with Gasteiger partial charge in [0.2, 0.25) is 0 Å². The first-order valence-electron chi connectivity index (χ1n) is 6.12. The molecule has 1 amide bonds. The Morgan fingerprint density at radius 3 is 2.89 bits per heavy atom. The van der Waals surface area contributed by atoms with Crippen molar-refractivity contribution in [2.45, 2.75) is 18.9 Å². The first-order valence-corrected chi connectivity index (χ1v) is 6.12. The van der Waals surface area contributed by atoms with Crippen LogP contribution in [0, 0.1) is 5.82 Å². The maximum atomic E-state index is 12.6. The molecule has 0 bridgehead atoms. The van der Waals surface area contributed by atoms with E-state index >= 15 is 0 Å². The van der Waals surface area contributed by atoms with Crippen LogP contribution in [-0.2, 0) is 4.79 Å². The molecule has 0 spiro atoms. The van der Waals surface area contributed by atoms with Gasteiger partial charge in [0.25, 0.3) is 5.91 Å². The van der Waals surface area contributed by atoms with Crippen molar-refractivity contribution in [3.8, 4) is 5.75 Å². The fourth-order valence-electron chi connectivity index (χ4n) is 1.90. The second-order valence-electron chi connectivity index (χ2n) is 4.34. The summed E-state index contributed by atoms with van der Waals surface area (Å²) in [5, 5.41) is 6.10. The highest BCUT2D eigenvalue weighted by Gasteiger charge is 2.14. The average molecular weight is 252 g/mol. The minimum atomic E-state index is -0.320. The van der Waals surface area contributed by atoms with Crippen LogP contribution >= 0.6 is 0 Å². The molecule has 2 N–H and O–H groups in total. The lowest BCUT2D eigenvalue weighted by Gasteiger charge is -2.11. The number of amides is 1. The van der Waals surface area contributed by atoms with Crippen molar-refractivity contribution in [2.75, 3.05) is 19.7 Å². The van der Waals surface area contributed by atoms with Crippen LogP contribution in [0.3, 0.4) is 0 Å².